The Morgan fingerprint density at radius 1 is 0.544 bits per heavy atom. The van der Waals surface area contributed by atoms with Crippen molar-refractivity contribution >= 4 is 11.9 Å². The summed E-state index contributed by atoms with van der Waals surface area (Å²) < 4.78 is 5.87. The molecule has 6 nitrogen and oxygen atoms in total. The highest BCUT2D eigenvalue weighted by molar-refractivity contribution is 5.77. The van der Waals surface area contributed by atoms with Crippen LogP contribution in [0.1, 0.15) is 201 Å². The van der Waals surface area contributed by atoms with Gasteiger partial charge in [-0.15, -0.1) is 0 Å². The van der Waals surface area contributed by atoms with Crippen molar-refractivity contribution in [1.29, 1.82) is 0 Å². The number of amides is 1. The molecule has 326 valence electrons. The third kappa shape index (κ3) is 39.6. The highest BCUT2D eigenvalue weighted by Crippen LogP contribution is 2.16. The Balaban J connectivity index is 4.71. The van der Waals surface area contributed by atoms with Gasteiger partial charge in [-0.25, -0.2) is 0 Å². The minimum absolute atomic E-state index is 0.0310. The quantitative estimate of drug-likeness (QED) is 0.0248. The molecule has 0 aliphatic carbocycles. The number of esters is 1. The highest BCUT2D eigenvalue weighted by Gasteiger charge is 2.24. The summed E-state index contributed by atoms with van der Waals surface area (Å²) in [5.74, 6) is -0.567. The van der Waals surface area contributed by atoms with Crippen molar-refractivity contribution in [2.45, 2.75) is 219 Å². The third-order valence-corrected chi connectivity index (χ3v) is 10.1. The normalized spacial score (nSPS) is 14.1. The van der Waals surface area contributed by atoms with Crippen LogP contribution in [0.4, 0.5) is 0 Å². The van der Waals surface area contributed by atoms with Gasteiger partial charge in [0, 0.05) is 6.42 Å². The number of hydrogen-bond acceptors (Lipinski definition) is 5. The standard InChI is InChI=1S/C51H87NO5/c1-4-7-10-13-16-19-22-25-28-31-34-37-40-43-49(54)48(46-53)52-50(55)45-47(42-39-36-33-30-27-24-21-18-15-12-9-6-3)57-51(56)44-41-38-35-32-29-26-23-20-17-14-11-8-5-2/h8-9,11-12,14,17-18,20-21,23,26-27,29-30,47-49,53-54H,4-7,10,13,15-16,19,22,24-25,28,31-46H2,1-3H3,(H,52,55)/b11-8+,12-9+,17-14+,21-18+,23-20-,29-26-,30-27+. The molecular weight excluding hydrogens is 707 g/mol. The molecule has 0 saturated carbocycles. The summed E-state index contributed by atoms with van der Waals surface area (Å²) in [5.41, 5.74) is 0. The van der Waals surface area contributed by atoms with E-state index in [4.69, 9.17) is 4.74 Å². The summed E-state index contributed by atoms with van der Waals surface area (Å²) in [6, 6.07) is -0.725. The number of carbonyl (C=O) groups excluding carboxylic acids is 2. The molecule has 3 atom stereocenters. The van der Waals surface area contributed by atoms with Crippen LogP contribution in [0.2, 0.25) is 0 Å². The molecule has 0 aliphatic rings. The number of hydrogen-bond donors (Lipinski definition) is 3. The summed E-state index contributed by atoms with van der Waals surface area (Å²) in [7, 11) is 0. The number of allylic oxidation sites excluding steroid dienone is 14. The van der Waals surface area contributed by atoms with Crippen molar-refractivity contribution in [2.24, 2.45) is 0 Å². The second-order valence-corrected chi connectivity index (χ2v) is 15.5. The zero-order chi connectivity index (χ0) is 41.7. The molecule has 0 bridgehead atoms. The van der Waals surface area contributed by atoms with Gasteiger partial charge < -0.3 is 20.3 Å². The van der Waals surface area contributed by atoms with Gasteiger partial charge in [-0.05, 0) is 77.0 Å². The predicted molar refractivity (Wildman–Crippen MR) is 245 cm³/mol. The molecule has 0 saturated heterocycles. The summed E-state index contributed by atoms with van der Waals surface area (Å²) >= 11 is 0. The summed E-state index contributed by atoms with van der Waals surface area (Å²) in [6.45, 7) is 6.19. The van der Waals surface area contributed by atoms with Crippen LogP contribution in [0.3, 0.4) is 0 Å². The Labute approximate surface area is 351 Å². The monoisotopic (exact) mass is 794 g/mol. The first-order valence-corrected chi connectivity index (χ1v) is 23.4. The number of unbranched alkanes of at least 4 members (excludes halogenated alkanes) is 17. The molecule has 6 heteroatoms. The minimum Gasteiger partial charge on any atom is -0.462 e. The Hall–Kier alpha value is -2.96. The van der Waals surface area contributed by atoms with Crippen LogP contribution in [0, 0.1) is 0 Å². The van der Waals surface area contributed by atoms with E-state index in [-0.39, 0.29) is 24.9 Å². The first-order valence-electron chi connectivity index (χ1n) is 23.4. The average molecular weight is 794 g/mol. The van der Waals surface area contributed by atoms with E-state index in [1.807, 2.05) is 30.4 Å². The SMILES string of the molecule is CC/C=C/C=C/C=C\C=C/CCCCCC(=O)OC(CCCC/C=C/C/C=C/C/C=C/CC)CC(=O)NC(CO)C(O)CCCCCCCCCCCCCCC. The second kappa shape index (κ2) is 44.1. The van der Waals surface area contributed by atoms with Gasteiger partial charge in [0.05, 0.1) is 25.2 Å². The minimum atomic E-state index is -0.808. The van der Waals surface area contributed by atoms with Gasteiger partial charge >= 0.3 is 5.97 Å². The van der Waals surface area contributed by atoms with Gasteiger partial charge in [0.25, 0.3) is 0 Å². The second-order valence-electron chi connectivity index (χ2n) is 15.5. The number of nitrogens with one attached hydrogen (secondary N) is 1. The molecule has 1 amide bonds. The van der Waals surface area contributed by atoms with Crippen LogP contribution >= 0.6 is 0 Å². The van der Waals surface area contributed by atoms with E-state index in [9.17, 15) is 19.8 Å². The number of aliphatic hydroxyl groups excluding tert-OH is 2. The van der Waals surface area contributed by atoms with Crippen LogP contribution in [-0.4, -0.2) is 46.9 Å². The Bertz CT molecular complexity index is 1120. The zero-order valence-corrected chi connectivity index (χ0v) is 36.9. The third-order valence-electron chi connectivity index (χ3n) is 10.1. The fraction of sp³-hybridized carbons (Fsp3) is 0.686. The summed E-state index contributed by atoms with van der Waals surface area (Å²) in [4.78, 5) is 26.0. The van der Waals surface area contributed by atoms with E-state index < -0.39 is 18.2 Å². The fourth-order valence-electron chi connectivity index (χ4n) is 6.57. The summed E-state index contributed by atoms with van der Waals surface area (Å²) in [5, 5.41) is 23.7. The number of ether oxygens (including phenoxy) is 1. The molecule has 3 N–H and O–H groups in total. The molecule has 3 unspecified atom stereocenters. The lowest BCUT2D eigenvalue weighted by Crippen LogP contribution is -2.46. The lowest BCUT2D eigenvalue weighted by molar-refractivity contribution is -0.151. The number of aliphatic hydroxyl groups is 2. The van der Waals surface area contributed by atoms with Crippen LogP contribution in [-0.2, 0) is 14.3 Å². The van der Waals surface area contributed by atoms with Crippen molar-refractivity contribution < 1.29 is 24.5 Å². The van der Waals surface area contributed by atoms with Gasteiger partial charge in [-0.3, -0.25) is 9.59 Å². The lowest BCUT2D eigenvalue weighted by atomic mass is 10.0. The van der Waals surface area contributed by atoms with E-state index in [1.54, 1.807) is 0 Å². The van der Waals surface area contributed by atoms with Crippen LogP contribution in [0.15, 0.2) is 85.1 Å². The molecule has 0 rings (SSSR count). The maximum Gasteiger partial charge on any atom is 0.306 e. The van der Waals surface area contributed by atoms with Crippen LogP contribution in [0.5, 0.6) is 0 Å². The average Bonchev–Trinajstić information content (AvgIpc) is 3.20. The van der Waals surface area contributed by atoms with Crippen LogP contribution < -0.4 is 5.32 Å². The van der Waals surface area contributed by atoms with Crippen molar-refractivity contribution in [3.8, 4) is 0 Å². The van der Waals surface area contributed by atoms with Gasteiger partial charge in [-0.2, -0.15) is 0 Å². The molecule has 0 heterocycles. The lowest BCUT2D eigenvalue weighted by Gasteiger charge is -2.24. The van der Waals surface area contributed by atoms with E-state index in [0.29, 0.717) is 19.3 Å². The fourth-order valence-corrected chi connectivity index (χ4v) is 6.57. The molecule has 0 aromatic heterocycles. The highest BCUT2D eigenvalue weighted by atomic mass is 16.5. The van der Waals surface area contributed by atoms with E-state index in [1.165, 1.54) is 64.2 Å². The van der Waals surface area contributed by atoms with Gasteiger partial charge in [0.1, 0.15) is 6.10 Å². The Kier molecular flexibility index (Phi) is 41.9. The molecule has 0 fully saturated rings. The van der Waals surface area contributed by atoms with Gasteiger partial charge in [0.15, 0.2) is 0 Å². The molecule has 0 aromatic rings. The van der Waals surface area contributed by atoms with Crippen molar-refractivity contribution in [2.75, 3.05) is 6.61 Å². The topological polar surface area (TPSA) is 95.9 Å². The molecule has 0 aromatic carbocycles. The van der Waals surface area contributed by atoms with Crippen molar-refractivity contribution in [3.05, 3.63) is 85.1 Å². The molecular formula is C51H87NO5. The molecule has 0 spiro atoms. The number of carbonyl (C=O) groups is 2. The molecule has 0 radical (unpaired) electrons. The summed E-state index contributed by atoms with van der Waals surface area (Å²) in [6.07, 6.45) is 56.4. The van der Waals surface area contributed by atoms with E-state index in [0.717, 1.165) is 89.9 Å². The van der Waals surface area contributed by atoms with Gasteiger partial charge in [-0.1, -0.05) is 196 Å². The van der Waals surface area contributed by atoms with Crippen molar-refractivity contribution in [3.63, 3.8) is 0 Å². The Morgan fingerprint density at radius 2 is 1.04 bits per heavy atom. The smallest absolute Gasteiger partial charge is 0.306 e. The van der Waals surface area contributed by atoms with E-state index in [2.05, 4.69) is 80.8 Å². The Morgan fingerprint density at radius 3 is 1.65 bits per heavy atom. The van der Waals surface area contributed by atoms with E-state index >= 15 is 0 Å². The number of rotatable bonds is 40. The zero-order valence-electron chi connectivity index (χ0n) is 36.9. The first kappa shape index (κ1) is 54.0. The maximum atomic E-state index is 13.1. The van der Waals surface area contributed by atoms with Crippen molar-refractivity contribution in [1.82, 2.24) is 5.32 Å². The molecule has 57 heavy (non-hydrogen) atoms. The van der Waals surface area contributed by atoms with Crippen LogP contribution in [0.25, 0.3) is 0 Å². The maximum absolute atomic E-state index is 13.1. The predicted octanol–water partition coefficient (Wildman–Crippen LogP) is 13.6. The largest absolute Gasteiger partial charge is 0.462 e. The van der Waals surface area contributed by atoms with Gasteiger partial charge in [0.2, 0.25) is 5.91 Å². The first-order chi connectivity index (χ1) is 28.0. The molecule has 0 aliphatic heterocycles.